The summed E-state index contributed by atoms with van der Waals surface area (Å²) in [5, 5.41) is 5.06. The highest BCUT2D eigenvalue weighted by Gasteiger charge is 2.11. The molecule has 2 aromatic heterocycles. The molecule has 28 heavy (non-hydrogen) atoms. The van der Waals surface area contributed by atoms with Crippen molar-refractivity contribution in [3.63, 3.8) is 0 Å². The summed E-state index contributed by atoms with van der Waals surface area (Å²) in [5.74, 6) is 0.335. The first-order chi connectivity index (χ1) is 13.8. The number of carbonyl (C=O) groups excluding carboxylic acids is 1. The molecule has 0 aliphatic rings. The molecule has 5 rings (SSSR count). The van der Waals surface area contributed by atoms with E-state index in [1.807, 2.05) is 54.6 Å². The summed E-state index contributed by atoms with van der Waals surface area (Å²) in [6, 6.07) is 22.8. The van der Waals surface area contributed by atoms with Crippen LogP contribution >= 0.6 is 0 Å². The van der Waals surface area contributed by atoms with Gasteiger partial charge in [-0.1, -0.05) is 30.3 Å². The van der Waals surface area contributed by atoms with Gasteiger partial charge in [-0.05, 0) is 53.2 Å². The lowest BCUT2D eigenvalue weighted by atomic mass is 10.1. The highest BCUT2D eigenvalue weighted by Crippen LogP contribution is 2.26. The molecule has 1 N–H and O–H groups in total. The number of pyridine rings is 1. The van der Waals surface area contributed by atoms with E-state index in [0.29, 0.717) is 28.2 Å². The van der Waals surface area contributed by atoms with Crippen molar-refractivity contribution in [3.05, 3.63) is 90.8 Å². The second-order valence-corrected chi connectivity index (χ2v) is 6.46. The molecular weight excluding hydrogens is 350 g/mol. The van der Waals surface area contributed by atoms with Crippen LogP contribution < -0.4 is 5.32 Å². The van der Waals surface area contributed by atoms with Crippen LogP contribution in [0.5, 0.6) is 0 Å². The van der Waals surface area contributed by atoms with Crippen molar-refractivity contribution >= 4 is 33.5 Å². The molecule has 3 aromatic carbocycles. The van der Waals surface area contributed by atoms with E-state index in [-0.39, 0.29) is 5.91 Å². The van der Waals surface area contributed by atoms with Crippen molar-refractivity contribution in [2.45, 2.75) is 0 Å². The molecule has 0 aliphatic heterocycles. The Hall–Kier alpha value is -3.99. The minimum absolute atomic E-state index is 0.166. The minimum Gasteiger partial charge on any atom is -0.436 e. The Morgan fingerprint density at radius 1 is 0.893 bits per heavy atom. The van der Waals surface area contributed by atoms with E-state index >= 15 is 0 Å². The smallest absolute Gasteiger partial charge is 0.255 e. The molecule has 1 amide bonds. The summed E-state index contributed by atoms with van der Waals surface area (Å²) in [5.41, 5.74) is 3.41. The van der Waals surface area contributed by atoms with Gasteiger partial charge in [0.15, 0.2) is 5.58 Å². The van der Waals surface area contributed by atoms with Crippen molar-refractivity contribution < 1.29 is 9.21 Å². The zero-order chi connectivity index (χ0) is 18.9. The quantitative estimate of drug-likeness (QED) is 0.471. The number of nitrogens with zero attached hydrogens (tertiary/aromatic N) is 2. The van der Waals surface area contributed by atoms with Gasteiger partial charge in [-0.2, -0.15) is 0 Å². The van der Waals surface area contributed by atoms with Crippen LogP contribution in [0.3, 0.4) is 0 Å². The molecular formula is C23H15N3O2. The Morgan fingerprint density at radius 3 is 2.64 bits per heavy atom. The van der Waals surface area contributed by atoms with Crippen LogP contribution in [0.25, 0.3) is 33.3 Å². The van der Waals surface area contributed by atoms with Crippen molar-refractivity contribution in [1.29, 1.82) is 0 Å². The van der Waals surface area contributed by atoms with Gasteiger partial charge in [0.2, 0.25) is 5.89 Å². The molecule has 0 radical (unpaired) electrons. The Morgan fingerprint density at radius 2 is 1.79 bits per heavy atom. The van der Waals surface area contributed by atoms with Crippen LogP contribution in [-0.4, -0.2) is 15.9 Å². The monoisotopic (exact) mass is 365 g/mol. The summed E-state index contributed by atoms with van der Waals surface area (Å²) < 4.78 is 5.78. The van der Waals surface area contributed by atoms with Gasteiger partial charge in [0.1, 0.15) is 5.52 Å². The first-order valence-corrected chi connectivity index (χ1v) is 8.87. The van der Waals surface area contributed by atoms with E-state index in [9.17, 15) is 4.79 Å². The maximum atomic E-state index is 12.7. The van der Waals surface area contributed by atoms with E-state index in [1.165, 1.54) is 0 Å². The van der Waals surface area contributed by atoms with Gasteiger partial charge in [0.05, 0.1) is 5.56 Å². The van der Waals surface area contributed by atoms with E-state index in [0.717, 1.165) is 16.3 Å². The number of nitrogens with one attached hydrogen (secondary N) is 1. The van der Waals surface area contributed by atoms with Crippen molar-refractivity contribution in [2.24, 2.45) is 0 Å². The average molecular weight is 365 g/mol. The molecule has 134 valence electrons. The molecule has 0 saturated heterocycles. The van der Waals surface area contributed by atoms with Crippen LogP contribution in [0, 0.1) is 0 Å². The normalized spacial score (nSPS) is 11.0. The number of carbonyl (C=O) groups is 1. The van der Waals surface area contributed by atoms with Gasteiger partial charge in [0.25, 0.3) is 5.91 Å². The number of oxazole rings is 1. The van der Waals surface area contributed by atoms with Crippen molar-refractivity contribution in [2.75, 3.05) is 5.32 Å². The standard InChI is InChI=1S/C23H15N3O2/c27-22(17-8-7-15-4-1-2-5-16(15)12-17)25-19-9-10-21-20(13-19)26-23(28-21)18-6-3-11-24-14-18/h1-14H,(H,25,27). The summed E-state index contributed by atoms with van der Waals surface area (Å²) in [4.78, 5) is 21.3. The molecule has 5 nitrogen and oxygen atoms in total. The third kappa shape index (κ3) is 2.99. The van der Waals surface area contributed by atoms with Gasteiger partial charge in [-0.3, -0.25) is 9.78 Å². The zero-order valence-corrected chi connectivity index (χ0v) is 14.8. The zero-order valence-electron chi connectivity index (χ0n) is 14.8. The summed E-state index contributed by atoms with van der Waals surface area (Å²) >= 11 is 0. The predicted octanol–water partition coefficient (Wildman–Crippen LogP) is 5.30. The molecule has 0 fully saturated rings. The molecule has 0 spiro atoms. The van der Waals surface area contributed by atoms with Gasteiger partial charge in [-0.25, -0.2) is 4.98 Å². The average Bonchev–Trinajstić information content (AvgIpc) is 3.17. The highest BCUT2D eigenvalue weighted by molar-refractivity contribution is 6.07. The molecule has 5 heteroatoms. The van der Waals surface area contributed by atoms with Crippen LogP contribution in [0.4, 0.5) is 5.69 Å². The lowest BCUT2D eigenvalue weighted by Gasteiger charge is -2.06. The molecule has 0 bridgehead atoms. The van der Waals surface area contributed by atoms with E-state index < -0.39 is 0 Å². The Labute approximate surface area is 160 Å². The number of anilines is 1. The van der Waals surface area contributed by atoms with Crippen LogP contribution in [0.2, 0.25) is 0 Å². The fraction of sp³-hybridized carbons (Fsp3) is 0. The third-order valence-corrected chi connectivity index (χ3v) is 4.57. The highest BCUT2D eigenvalue weighted by atomic mass is 16.3. The lowest BCUT2D eigenvalue weighted by Crippen LogP contribution is -2.11. The van der Waals surface area contributed by atoms with Gasteiger partial charge in [-0.15, -0.1) is 0 Å². The summed E-state index contributed by atoms with van der Waals surface area (Å²) in [6.45, 7) is 0. The van der Waals surface area contributed by atoms with Gasteiger partial charge >= 0.3 is 0 Å². The molecule has 0 atom stereocenters. The number of aromatic nitrogens is 2. The molecule has 0 saturated carbocycles. The molecule has 0 aliphatic carbocycles. The number of hydrogen-bond acceptors (Lipinski definition) is 4. The number of hydrogen-bond donors (Lipinski definition) is 1. The number of rotatable bonds is 3. The van der Waals surface area contributed by atoms with Crippen molar-refractivity contribution in [3.8, 4) is 11.5 Å². The summed E-state index contributed by atoms with van der Waals surface area (Å²) in [6.07, 6.45) is 3.40. The number of benzene rings is 3. The van der Waals surface area contributed by atoms with Crippen LogP contribution in [0.15, 0.2) is 89.6 Å². The maximum Gasteiger partial charge on any atom is 0.255 e. The first kappa shape index (κ1) is 16.2. The number of amides is 1. The Balaban J connectivity index is 1.43. The second kappa shape index (κ2) is 6.63. The largest absolute Gasteiger partial charge is 0.436 e. The Bertz CT molecular complexity index is 1310. The molecule has 5 aromatic rings. The molecule has 0 unspecified atom stereocenters. The topological polar surface area (TPSA) is 68.0 Å². The number of fused-ring (bicyclic) bond motifs is 2. The summed E-state index contributed by atoms with van der Waals surface area (Å²) in [7, 11) is 0. The second-order valence-electron chi connectivity index (χ2n) is 6.46. The molecule has 2 heterocycles. The predicted molar refractivity (Wildman–Crippen MR) is 109 cm³/mol. The van der Waals surface area contributed by atoms with E-state index in [2.05, 4.69) is 15.3 Å². The Kier molecular flexibility index (Phi) is 3.84. The van der Waals surface area contributed by atoms with Crippen LogP contribution in [-0.2, 0) is 0 Å². The van der Waals surface area contributed by atoms with Crippen molar-refractivity contribution in [1.82, 2.24) is 9.97 Å². The third-order valence-electron chi connectivity index (χ3n) is 4.57. The van der Waals surface area contributed by atoms with E-state index in [4.69, 9.17) is 4.42 Å². The van der Waals surface area contributed by atoms with E-state index in [1.54, 1.807) is 30.6 Å². The minimum atomic E-state index is -0.166. The van der Waals surface area contributed by atoms with Gasteiger partial charge in [0, 0.05) is 23.6 Å². The lowest BCUT2D eigenvalue weighted by molar-refractivity contribution is 0.102. The first-order valence-electron chi connectivity index (χ1n) is 8.87. The fourth-order valence-electron chi connectivity index (χ4n) is 3.15. The maximum absolute atomic E-state index is 12.7. The van der Waals surface area contributed by atoms with Gasteiger partial charge < -0.3 is 9.73 Å². The SMILES string of the molecule is O=C(Nc1ccc2oc(-c3cccnc3)nc2c1)c1ccc2ccccc2c1. The van der Waals surface area contributed by atoms with Crippen LogP contribution in [0.1, 0.15) is 10.4 Å². The fourth-order valence-corrected chi connectivity index (χ4v) is 3.15.